The zero-order chi connectivity index (χ0) is 18.6. The zero-order valence-electron chi connectivity index (χ0n) is 14.9. The quantitative estimate of drug-likeness (QED) is 0.832. The third kappa shape index (κ3) is 4.50. The van der Waals surface area contributed by atoms with Crippen LogP contribution in [0.5, 0.6) is 11.8 Å². The van der Waals surface area contributed by atoms with Crippen LogP contribution in [0.25, 0.3) is 0 Å². The van der Waals surface area contributed by atoms with E-state index in [1.165, 1.54) is 0 Å². The third-order valence-electron chi connectivity index (χ3n) is 4.49. The van der Waals surface area contributed by atoms with Crippen LogP contribution in [0, 0.1) is 6.92 Å². The molecule has 1 aliphatic rings. The van der Waals surface area contributed by atoms with Gasteiger partial charge in [-0.25, -0.2) is 23.1 Å². The average molecular weight is 377 g/mol. The molecular formula is C18H23N3O4S. The minimum Gasteiger partial charge on any atom is -0.496 e. The van der Waals surface area contributed by atoms with Gasteiger partial charge in [-0.15, -0.1) is 0 Å². The van der Waals surface area contributed by atoms with Gasteiger partial charge < -0.3 is 9.47 Å². The van der Waals surface area contributed by atoms with Crippen LogP contribution in [0.1, 0.15) is 31.2 Å². The van der Waals surface area contributed by atoms with Gasteiger partial charge in [-0.3, -0.25) is 0 Å². The summed E-state index contributed by atoms with van der Waals surface area (Å²) in [5, 5.41) is 0. The van der Waals surface area contributed by atoms with Crippen molar-refractivity contribution in [3.8, 4) is 11.8 Å². The van der Waals surface area contributed by atoms with Gasteiger partial charge in [0.1, 0.15) is 11.9 Å². The second-order valence-electron chi connectivity index (χ2n) is 6.38. The first kappa shape index (κ1) is 18.6. The van der Waals surface area contributed by atoms with Crippen LogP contribution < -0.4 is 14.2 Å². The predicted molar refractivity (Wildman–Crippen MR) is 96.8 cm³/mol. The van der Waals surface area contributed by atoms with E-state index in [9.17, 15) is 8.42 Å². The summed E-state index contributed by atoms with van der Waals surface area (Å²) in [6, 6.07) is 6.87. The van der Waals surface area contributed by atoms with Crippen molar-refractivity contribution in [1.82, 2.24) is 14.7 Å². The summed E-state index contributed by atoms with van der Waals surface area (Å²) < 4.78 is 39.0. The number of nitrogens with one attached hydrogen (secondary N) is 1. The van der Waals surface area contributed by atoms with E-state index in [1.54, 1.807) is 43.8 Å². The fourth-order valence-corrected chi connectivity index (χ4v) is 4.49. The number of sulfonamides is 1. The molecule has 0 saturated heterocycles. The summed E-state index contributed by atoms with van der Waals surface area (Å²) in [7, 11) is -1.99. The van der Waals surface area contributed by atoms with Gasteiger partial charge in [0.2, 0.25) is 10.0 Å². The predicted octanol–water partition coefficient (Wildman–Crippen LogP) is 2.46. The molecule has 140 valence electrons. The molecule has 0 unspecified atom stereocenters. The van der Waals surface area contributed by atoms with E-state index in [-0.39, 0.29) is 17.0 Å². The van der Waals surface area contributed by atoms with Crippen molar-refractivity contribution in [3.05, 3.63) is 42.2 Å². The fourth-order valence-electron chi connectivity index (χ4n) is 3.10. The molecule has 2 aromatic rings. The number of hydrogen-bond donors (Lipinski definition) is 1. The van der Waals surface area contributed by atoms with Crippen molar-refractivity contribution >= 4 is 10.0 Å². The molecule has 1 aliphatic carbocycles. The second-order valence-corrected chi connectivity index (χ2v) is 8.09. The summed E-state index contributed by atoms with van der Waals surface area (Å²) in [5.74, 6) is 0.671. The third-order valence-corrected chi connectivity index (χ3v) is 6.00. The van der Waals surface area contributed by atoms with E-state index in [1.807, 2.05) is 6.92 Å². The maximum atomic E-state index is 12.6. The first-order valence-corrected chi connectivity index (χ1v) is 10.1. The van der Waals surface area contributed by atoms with Crippen LogP contribution >= 0.6 is 0 Å². The Morgan fingerprint density at radius 2 is 1.81 bits per heavy atom. The van der Waals surface area contributed by atoms with Crippen molar-refractivity contribution in [2.75, 3.05) is 7.11 Å². The van der Waals surface area contributed by atoms with Crippen LogP contribution in [0.15, 0.2) is 41.6 Å². The van der Waals surface area contributed by atoms with Gasteiger partial charge in [-0.05, 0) is 62.4 Å². The topological polar surface area (TPSA) is 90.4 Å². The monoisotopic (exact) mass is 377 g/mol. The van der Waals surface area contributed by atoms with E-state index in [0.717, 1.165) is 18.4 Å². The maximum absolute atomic E-state index is 12.6. The Bertz CT molecular complexity index is 835. The van der Waals surface area contributed by atoms with Crippen LogP contribution in [0.4, 0.5) is 0 Å². The van der Waals surface area contributed by atoms with E-state index in [4.69, 9.17) is 9.47 Å². The van der Waals surface area contributed by atoms with Gasteiger partial charge in [0.15, 0.2) is 0 Å². The Kier molecular flexibility index (Phi) is 5.73. The lowest BCUT2D eigenvalue weighted by atomic mass is 9.94. The molecule has 7 nitrogen and oxygen atoms in total. The summed E-state index contributed by atoms with van der Waals surface area (Å²) in [6.07, 6.45) is 6.23. The molecule has 3 rings (SSSR count). The zero-order valence-corrected chi connectivity index (χ0v) is 15.7. The lowest BCUT2D eigenvalue weighted by molar-refractivity contribution is 0.132. The van der Waals surface area contributed by atoms with Crippen molar-refractivity contribution in [2.24, 2.45) is 0 Å². The molecule has 0 amide bonds. The van der Waals surface area contributed by atoms with Crippen LogP contribution in [0.3, 0.4) is 0 Å². The highest BCUT2D eigenvalue weighted by atomic mass is 32.2. The first-order valence-electron chi connectivity index (χ1n) is 8.58. The number of ether oxygens (including phenoxy) is 2. The minimum absolute atomic E-state index is 0.0152. The molecule has 0 aliphatic heterocycles. The molecular weight excluding hydrogens is 354 g/mol. The van der Waals surface area contributed by atoms with Gasteiger partial charge >= 0.3 is 6.01 Å². The number of methoxy groups -OCH3 is 1. The van der Waals surface area contributed by atoms with E-state index < -0.39 is 10.0 Å². The van der Waals surface area contributed by atoms with Gasteiger partial charge in [0, 0.05) is 18.4 Å². The van der Waals surface area contributed by atoms with E-state index in [2.05, 4.69) is 14.7 Å². The summed E-state index contributed by atoms with van der Waals surface area (Å²) in [6.45, 7) is 1.83. The number of benzene rings is 1. The van der Waals surface area contributed by atoms with Crippen LogP contribution in [0.2, 0.25) is 0 Å². The largest absolute Gasteiger partial charge is 0.496 e. The lowest BCUT2D eigenvalue weighted by Gasteiger charge is -2.28. The molecule has 0 radical (unpaired) electrons. The second kappa shape index (κ2) is 8.01. The standard InChI is InChI=1S/C18H23N3O4S/c1-13-12-16(8-9-17(13)24-2)26(22,23)21-14-4-6-15(7-5-14)25-18-19-10-3-11-20-18/h3,8-12,14-15,21H,4-7H2,1-2H3. The first-order chi connectivity index (χ1) is 12.5. The Morgan fingerprint density at radius 3 is 2.42 bits per heavy atom. The highest BCUT2D eigenvalue weighted by molar-refractivity contribution is 7.89. The SMILES string of the molecule is COc1ccc(S(=O)(=O)NC2CCC(Oc3ncccn3)CC2)cc1C. The highest BCUT2D eigenvalue weighted by Gasteiger charge is 2.27. The smallest absolute Gasteiger partial charge is 0.316 e. The van der Waals surface area contributed by atoms with Gasteiger partial charge in [-0.1, -0.05) is 0 Å². The van der Waals surface area contributed by atoms with Crippen molar-refractivity contribution < 1.29 is 17.9 Å². The number of nitrogens with zero attached hydrogens (tertiary/aromatic N) is 2. The molecule has 0 bridgehead atoms. The summed E-state index contributed by atoms with van der Waals surface area (Å²) in [4.78, 5) is 8.37. The number of hydrogen-bond acceptors (Lipinski definition) is 6. The minimum atomic E-state index is -3.55. The normalized spacial score (nSPS) is 20.5. The van der Waals surface area contributed by atoms with Gasteiger partial charge in [0.05, 0.1) is 12.0 Å². The Labute approximate surface area is 153 Å². The highest BCUT2D eigenvalue weighted by Crippen LogP contribution is 2.25. The van der Waals surface area contributed by atoms with E-state index >= 15 is 0 Å². The van der Waals surface area contributed by atoms with E-state index in [0.29, 0.717) is 24.6 Å². The van der Waals surface area contributed by atoms with Crippen LogP contribution in [-0.2, 0) is 10.0 Å². The molecule has 1 aromatic heterocycles. The molecule has 26 heavy (non-hydrogen) atoms. The number of rotatable bonds is 6. The molecule has 0 atom stereocenters. The number of aryl methyl sites for hydroxylation is 1. The maximum Gasteiger partial charge on any atom is 0.316 e. The lowest BCUT2D eigenvalue weighted by Crippen LogP contribution is -2.39. The van der Waals surface area contributed by atoms with Crippen LogP contribution in [-0.4, -0.2) is 37.6 Å². The molecule has 1 saturated carbocycles. The average Bonchev–Trinajstić information content (AvgIpc) is 2.64. The molecule has 1 fully saturated rings. The molecule has 1 heterocycles. The summed E-state index contributed by atoms with van der Waals surface area (Å²) in [5.41, 5.74) is 0.787. The van der Waals surface area contributed by atoms with Gasteiger partial charge in [0.25, 0.3) is 0 Å². The Hall–Kier alpha value is -2.19. The fraction of sp³-hybridized carbons (Fsp3) is 0.444. The molecule has 0 spiro atoms. The molecule has 1 aromatic carbocycles. The Morgan fingerprint density at radius 1 is 1.12 bits per heavy atom. The van der Waals surface area contributed by atoms with Gasteiger partial charge in [-0.2, -0.15) is 0 Å². The van der Waals surface area contributed by atoms with Crippen molar-refractivity contribution in [3.63, 3.8) is 0 Å². The summed E-state index contributed by atoms with van der Waals surface area (Å²) >= 11 is 0. The van der Waals surface area contributed by atoms with Crippen molar-refractivity contribution in [2.45, 2.75) is 49.6 Å². The number of aromatic nitrogens is 2. The molecule has 8 heteroatoms. The Balaban J connectivity index is 1.57. The molecule has 1 N–H and O–H groups in total. The van der Waals surface area contributed by atoms with Crippen molar-refractivity contribution in [1.29, 1.82) is 0 Å².